The molecule has 0 fully saturated rings. The van der Waals surface area contributed by atoms with Crippen LogP contribution in [0.2, 0.25) is 0 Å². The highest BCUT2D eigenvalue weighted by molar-refractivity contribution is 5.89. The Labute approximate surface area is 419 Å². The average molecular weight is 1000 g/mol. The van der Waals surface area contributed by atoms with E-state index in [-0.39, 0.29) is 55.2 Å². The van der Waals surface area contributed by atoms with Gasteiger partial charge in [0.15, 0.2) is 5.60 Å². The van der Waals surface area contributed by atoms with Crippen LogP contribution in [-0.2, 0) is 87.0 Å². The average Bonchev–Trinajstić information content (AvgIpc) is 3.74. The van der Waals surface area contributed by atoms with Crippen LogP contribution in [0.4, 0.5) is 0 Å². The first-order valence-corrected chi connectivity index (χ1v) is 24.6. The molecule has 5 heterocycles. The Balaban J connectivity index is 0.831. The number of nitrogens with one attached hydrogen (secondary N) is 1. The highest BCUT2D eigenvalue weighted by atomic mass is 16.6. The van der Waals surface area contributed by atoms with Gasteiger partial charge in [0, 0.05) is 42.2 Å². The summed E-state index contributed by atoms with van der Waals surface area (Å²) in [6.07, 6.45) is 0.0851. The first kappa shape index (κ1) is 54.0. The Morgan fingerprint density at radius 3 is 2.01 bits per heavy atom. The van der Waals surface area contributed by atoms with Crippen molar-refractivity contribution in [1.29, 1.82) is 0 Å². The summed E-state index contributed by atoms with van der Waals surface area (Å²) in [6, 6.07) is 11.4. The first-order valence-electron chi connectivity index (χ1n) is 24.6. The van der Waals surface area contributed by atoms with Crippen LogP contribution in [0.3, 0.4) is 0 Å². The maximum absolute atomic E-state index is 13.9. The molecule has 2 aromatic heterocycles. The van der Waals surface area contributed by atoms with Crippen molar-refractivity contribution in [1.82, 2.24) is 14.9 Å². The molecular formula is C53H67N3O16. The molecule has 19 nitrogen and oxygen atoms in total. The molecule has 4 aromatic rings. The minimum Gasteiger partial charge on any atom is -0.477 e. The summed E-state index contributed by atoms with van der Waals surface area (Å²) in [5.41, 5.74) is 2.66. The molecule has 0 aliphatic carbocycles. The lowest BCUT2D eigenvalue weighted by Gasteiger charge is -2.37. The number of fused-ring (bicyclic) bond motifs is 6. The molecule has 19 heteroatoms. The second-order valence-electron chi connectivity index (χ2n) is 18.0. The van der Waals surface area contributed by atoms with Gasteiger partial charge < -0.3 is 62.0 Å². The lowest BCUT2D eigenvalue weighted by Crippen LogP contribution is -2.51. The van der Waals surface area contributed by atoms with Crippen LogP contribution in [0.25, 0.3) is 22.3 Å². The number of pyridine rings is 2. The van der Waals surface area contributed by atoms with E-state index in [1.807, 2.05) is 44.2 Å². The molecule has 7 rings (SSSR count). The number of para-hydroxylation sites is 1. The molecule has 0 saturated heterocycles. The van der Waals surface area contributed by atoms with E-state index in [2.05, 4.69) is 5.32 Å². The molecule has 0 radical (unpaired) electrons. The summed E-state index contributed by atoms with van der Waals surface area (Å²) in [5.74, 6) is -1.68. The monoisotopic (exact) mass is 1000 g/mol. The van der Waals surface area contributed by atoms with E-state index in [9.17, 15) is 24.0 Å². The molecule has 390 valence electrons. The van der Waals surface area contributed by atoms with Gasteiger partial charge in [-0.2, -0.15) is 0 Å². The predicted octanol–water partition coefficient (Wildman–Crippen LogP) is 4.89. The van der Waals surface area contributed by atoms with Gasteiger partial charge in [0.2, 0.25) is 5.60 Å². The fourth-order valence-electron chi connectivity index (χ4n) is 9.01. The van der Waals surface area contributed by atoms with Gasteiger partial charge in [0.1, 0.15) is 18.1 Å². The van der Waals surface area contributed by atoms with Crippen LogP contribution >= 0.6 is 0 Å². The number of cyclic esters (lactones) is 1. The summed E-state index contributed by atoms with van der Waals surface area (Å²) in [7, 11) is 1.63. The van der Waals surface area contributed by atoms with Crippen molar-refractivity contribution in [2.24, 2.45) is 0 Å². The number of methoxy groups -OCH3 is 1. The summed E-state index contributed by atoms with van der Waals surface area (Å²) in [5, 5.41) is 3.86. The molecule has 0 spiro atoms. The van der Waals surface area contributed by atoms with Crippen molar-refractivity contribution in [3.8, 4) is 22.9 Å². The molecule has 2 atom stereocenters. The Morgan fingerprint density at radius 2 is 1.38 bits per heavy atom. The number of benzene rings is 2. The maximum atomic E-state index is 13.9. The van der Waals surface area contributed by atoms with Crippen molar-refractivity contribution in [2.75, 3.05) is 99.5 Å². The van der Waals surface area contributed by atoms with Gasteiger partial charge >= 0.3 is 17.9 Å². The van der Waals surface area contributed by atoms with Crippen molar-refractivity contribution in [2.45, 2.75) is 91.1 Å². The number of ether oxygens (including phenoxy) is 11. The molecule has 72 heavy (non-hydrogen) atoms. The molecule has 1 N–H and O–H groups in total. The SMILES string of the molecule is CC[C@@]1(OC(=O)CCC(=O)Oc2c(C)c(C)c3c(c2C)CC[C@@](C)(C(=O)NCCOCCOCCOCCOCCOCCOCCOC)O3)C(=O)OCc2c1cc1n(c2=O)Cc2cc3ccccc3nc2-1. The molecule has 3 aliphatic rings. The van der Waals surface area contributed by atoms with E-state index in [4.69, 9.17) is 57.1 Å². The first-order chi connectivity index (χ1) is 34.8. The molecule has 3 aliphatic heterocycles. The Hall–Kier alpha value is -5.80. The summed E-state index contributed by atoms with van der Waals surface area (Å²) in [4.78, 5) is 72.8. The van der Waals surface area contributed by atoms with Crippen LogP contribution in [0.1, 0.15) is 78.5 Å². The number of rotatable bonds is 28. The second-order valence-corrected chi connectivity index (χ2v) is 18.0. The number of hydrogen-bond donors (Lipinski definition) is 1. The summed E-state index contributed by atoms with van der Waals surface area (Å²) >= 11 is 0. The Morgan fingerprint density at radius 1 is 0.764 bits per heavy atom. The van der Waals surface area contributed by atoms with Gasteiger partial charge in [0.25, 0.3) is 11.5 Å². The third-order valence-corrected chi connectivity index (χ3v) is 13.2. The van der Waals surface area contributed by atoms with Gasteiger partial charge in [-0.25, -0.2) is 9.78 Å². The molecule has 0 bridgehead atoms. The van der Waals surface area contributed by atoms with Crippen LogP contribution in [0.15, 0.2) is 41.2 Å². The number of hydrogen-bond acceptors (Lipinski definition) is 17. The maximum Gasteiger partial charge on any atom is 0.355 e. The number of amides is 1. The van der Waals surface area contributed by atoms with Gasteiger partial charge in [-0.05, 0) is 75.4 Å². The number of nitrogens with zero attached hydrogens (tertiary/aromatic N) is 2. The number of esters is 3. The van der Waals surface area contributed by atoms with Crippen LogP contribution < -0.4 is 20.3 Å². The lowest BCUT2D eigenvalue weighted by atomic mass is 9.85. The molecule has 0 unspecified atom stereocenters. The second kappa shape index (κ2) is 25.2. The fourth-order valence-corrected chi connectivity index (χ4v) is 9.01. The van der Waals surface area contributed by atoms with Crippen molar-refractivity contribution >= 4 is 34.7 Å². The minimum atomic E-state index is -1.91. The highest BCUT2D eigenvalue weighted by Crippen LogP contribution is 2.45. The van der Waals surface area contributed by atoms with Crippen molar-refractivity contribution in [3.05, 3.63) is 85.7 Å². The van der Waals surface area contributed by atoms with Crippen LogP contribution in [-0.4, -0.2) is 139 Å². The van der Waals surface area contributed by atoms with E-state index >= 15 is 0 Å². The molecule has 0 saturated carbocycles. The van der Waals surface area contributed by atoms with Crippen LogP contribution in [0, 0.1) is 20.8 Å². The molecule has 2 aromatic carbocycles. The largest absolute Gasteiger partial charge is 0.477 e. The normalized spacial score (nSPS) is 17.6. The van der Waals surface area contributed by atoms with Crippen LogP contribution in [0.5, 0.6) is 11.5 Å². The van der Waals surface area contributed by atoms with E-state index < -0.39 is 35.5 Å². The third-order valence-electron chi connectivity index (χ3n) is 13.2. The zero-order chi connectivity index (χ0) is 51.3. The number of carbonyl (C=O) groups excluding carboxylic acids is 4. The number of carbonyl (C=O) groups is 4. The summed E-state index contributed by atoms with van der Waals surface area (Å²) in [6.45, 7) is 15.1. The minimum absolute atomic E-state index is 0.0156. The van der Waals surface area contributed by atoms with Gasteiger partial charge in [-0.3, -0.25) is 19.2 Å². The third kappa shape index (κ3) is 12.5. The van der Waals surface area contributed by atoms with Crippen molar-refractivity contribution < 1.29 is 71.3 Å². The van der Waals surface area contributed by atoms with E-state index in [1.165, 1.54) is 0 Å². The lowest BCUT2D eigenvalue weighted by molar-refractivity contribution is -0.189. The number of aromatic nitrogens is 2. The Bertz CT molecular complexity index is 2650. The standard InChI is InChI=1S/C53H67N3O16/c1-7-53(41-31-43-46-38(30-37-10-8-9-11-42(37)55-46)32-56(43)49(59)40(41)33-69-51(53)61)71-45(58)13-12-44(57)70-47-34(2)35(3)48-39(36(47)4)14-15-52(5,72-48)50(60)54-16-17-63-20-21-65-24-25-67-28-29-68-27-26-66-23-22-64-19-18-62-6/h8-11,30-31H,7,12-29,32-33H2,1-6H3,(H,54,60)/t52-,53-/m0/s1. The zero-order valence-electron chi connectivity index (χ0n) is 42.2. The topological polar surface area (TPSA) is 217 Å². The zero-order valence-corrected chi connectivity index (χ0v) is 42.2. The van der Waals surface area contributed by atoms with Gasteiger partial charge in [-0.1, -0.05) is 25.1 Å². The van der Waals surface area contributed by atoms with Gasteiger partial charge in [0.05, 0.1) is 128 Å². The van der Waals surface area contributed by atoms with E-state index in [0.717, 1.165) is 22.0 Å². The predicted molar refractivity (Wildman–Crippen MR) is 261 cm³/mol. The molecular weight excluding hydrogens is 935 g/mol. The quantitative estimate of drug-likeness (QED) is 0.0401. The van der Waals surface area contributed by atoms with E-state index in [1.54, 1.807) is 38.5 Å². The fraction of sp³-hybridized carbons (Fsp3) is 0.547. The Kier molecular flexibility index (Phi) is 18.9. The van der Waals surface area contributed by atoms with Gasteiger partial charge in [-0.15, -0.1) is 0 Å². The van der Waals surface area contributed by atoms with E-state index in [0.29, 0.717) is 138 Å². The smallest absolute Gasteiger partial charge is 0.355 e. The highest BCUT2D eigenvalue weighted by Gasteiger charge is 2.50. The van der Waals surface area contributed by atoms with Crippen molar-refractivity contribution in [3.63, 3.8) is 0 Å². The molecule has 1 amide bonds. The summed E-state index contributed by atoms with van der Waals surface area (Å²) < 4.78 is 63.2.